The van der Waals surface area contributed by atoms with E-state index in [1.807, 2.05) is 0 Å². The van der Waals surface area contributed by atoms with Crippen LogP contribution in [0.1, 0.15) is 10.4 Å². The summed E-state index contributed by atoms with van der Waals surface area (Å²) in [6.07, 6.45) is 0. The molecule has 0 aliphatic rings. The highest BCUT2D eigenvalue weighted by Crippen LogP contribution is 2.37. The topological polar surface area (TPSA) is 38.9 Å². The molecule has 2 aromatic heterocycles. The van der Waals surface area contributed by atoms with E-state index in [9.17, 15) is 0 Å². The lowest BCUT2D eigenvalue weighted by Crippen LogP contribution is -1.81. The lowest BCUT2D eigenvalue weighted by molar-refractivity contribution is 1.46. The van der Waals surface area contributed by atoms with Crippen LogP contribution in [0.4, 0.5) is 5.00 Å². The number of aromatic nitrogens is 1. The van der Waals surface area contributed by atoms with Crippen LogP contribution in [-0.4, -0.2) is 4.98 Å². The van der Waals surface area contributed by atoms with Gasteiger partial charge in [-0.15, -0.1) is 22.7 Å². The van der Waals surface area contributed by atoms with Crippen LogP contribution in [0.3, 0.4) is 0 Å². The molecule has 0 radical (unpaired) electrons. The molecule has 2 N–H and O–H groups in total. The number of rotatable bonds is 1. The number of anilines is 1. The van der Waals surface area contributed by atoms with Gasteiger partial charge in [-0.1, -0.05) is 6.07 Å². The van der Waals surface area contributed by atoms with Crippen LogP contribution in [-0.2, 0) is 0 Å². The Labute approximate surface area is 108 Å². The molecule has 0 aliphatic carbocycles. The van der Waals surface area contributed by atoms with Gasteiger partial charge >= 0.3 is 0 Å². The van der Waals surface area contributed by atoms with Crippen molar-refractivity contribution < 1.29 is 0 Å². The predicted octanol–water partition coefficient (Wildman–Crippen LogP) is 4.22. The van der Waals surface area contributed by atoms with Gasteiger partial charge in [-0.3, -0.25) is 0 Å². The van der Waals surface area contributed by atoms with Gasteiger partial charge in [0.2, 0.25) is 0 Å². The van der Waals surface area contributed by atoms with Crippen molar-refractivity contribution in [3.8, 4) is 10.6 Å². The number of aryl methyl sites for hydroxylation is 2. The molecule has 0 atom stereocenters. The van der Waals surface area contributed by atoms with Crippen molar-refractivity contribution in [2.24, 2.45) is 0 Å². The molecule has 0 amide bonds. The molecule has 2 heterocycles. The normalized spacial score (nSPS) is 11.2. The van der Waals surface area contributed by atoms with Gasteiger partial charge in [-0.05, 0) is 37.6 Å². The highest BCUT2D eigenvalue weighted by atomic mass is 32.1. The van der Waals surface area contributed by atoms with Crippen LogP contribution in [0.5, 0.6) is 0 Å². The summed E-state index contributed by atoms with van der Waals surface area (Å²) in [6.45, 7) is 4.17. The largest absolute Gasteiger partial charge is 0.390 e. The summed E-state index contributed by atoms with van der Waals surface area (Å²) in [7, 11) is 0. The molecule has 1 aromatic carbocycles. The zero-order valence-corrected chi connectivity index (χ0v) is 11.3. The van der Waals surface area contributed by atoms with Gasteiger partial charge in [0.05, 0.1) is 15.2 Å². The molecule has 17 heavy (non-hydrogen) atoms. The number of thiophene rings is 1. The average Bonchev–Trinajstić information content (AvgIpc) is 2.80. The number of nitrogens with two attached hydrogens (primary N) is 1. The van der Waals surface area contributed by atoms with E-state index in [1.54, 1.807) is 22.7 Å². The van der Waals surface area contributed by atoms with E-state index in [2.05, 4.69) is 43.1 Å². The van der Waals surface area contributed by atoms with Crippen LogP contribution >= 0.6 is 22.7 Å². The van der Waals surface area contributed by atoms with Gasteiger partial charge in [-0.25, -0.2) is 4.98 Å². The number of nitrogen functional groups attached to an aromatic ring is 1. The third-order valence-corrected chi connectivity index (χ3v) is 4.59. The molecular formula is C13H12N2S2. The summed E-state index contributed by atoms with van der Waals surface area (Å²) in [6, 6.07) is 8.45. The second-order valence-electron chi connectivity index (χ2n) is 4.13. The Morgan fingerprint density at radius 2 is 1.94 bits per heavy atom. The Hall–Kier alpha value is -1.39. The first-order chi connectivity index (χ1) is 8.13. The highest BCUT2D eigenvalue weighted by Gasteiger charge is 2.11. The fourth-order valence-electron chi connectivity index (χ4n) is 1.85. The number of thiazole rings is 1. The minimum Gasteiger partial charge on any atom is -0.390 e. The van der Waals surface area contributed by atoms with Crippen LogP contribution in [0.2, 0.25) is 0 Å². The molecule has 0 unspecified atom stereocenters. The third-order valence-electron chi connectivity index (χ3n) is 2.66. The maximum absolute atomic E-state index is 6.01. The van der Waals surface area contributed by atoms with E-state index in [0.717, 1.165) is 21.1 Å². The Kier molecular flexibility index (Phi) is 2.42. The Balaban J connectivity index is 2.21. The summed E-state index contributed by atoms with van der Waals surface area (Å²) < 4.78 is 1.23. The van der Waals surface area contributed by atoms with E-state index >= 15 is 0 Å². The predicted molar refractivity (Wildman–Crippen MR) is 76.8 cm³/mol. The Bertz CT molecular complexity index is 695. The van der Waals surface area contributed by atoms with Crippen LogP contribution in [0.25, 0.3) is 20.8 Å². The molecule has 2 nitrogen and oxygen atoms in total. The summed E-state index contributed by atoms with van der Waals surface area (Å²) in [5.74, 6) is 0. The van der Waals surface area contributed by atoms with Crippen molar-refractivity contribution in [3.05, 3.63) is 34.7 Å². The lowest BCUT2D eigenvalue weighted by atomic mass is 10.2. The van der Waals surface area contributed by atoms with Crippen molar-refractivity contribution in [2.75, 3.05) is 5.73 Å². The molecule has 0 aliphatic heterocycles. The van der Waals surface area contributed by atoms with Crippen molar-refractivity contribution in [2.45, 2.75) is 13.8 Å². The maximum Gasteiger partial charge on any atom is 0.127 e. The first-order valence-corrected chi connectivity index (χ1v) is 7.00. The summed E-state index contributed by atoms with van der Waals surface area (Å²) in [5.41, 5.74) is 9.41. The monoisotopic (exact) mass is 260 g/mol. The van der Waals surface area contributed by atoms with Crippen molar-refractivity contribution >= 4 is 37.9 Å². The molecule has 3 rings (SSSR count). The Morgan fingerprint density at radius 3 is 2.65 bits per heavy atom. The first kappa shape index (κ1) is 10.7. The fourth-order valence-corrected chi connectivity index (χ4v) is 3.79. The van der Waals surface area contributed by atoms with E-state index in [4.69, 9.17) is 5.73 Å². The number of benzene rings is 1. The zero-order chi connectivity index (χ0) is 12.0. The standard InChI is InChI=1S/C13H12N2S2/c1-7-3-4-10-11(5-7)17-13(15-10)9-6-8(2)16-12(9)14/h3-6H,14H2,1-2H3. The van der Waals surface area contributed by atoms with E-state index in [-0.39, 0.29) is 0 Å². The van der Waals surface area contributed by atoms with Crippen molar-refractivity contribution in [1.82, 2.24) is 4.98 Å². The van der Waals surface area contributed by atoms with Gasteiger partial charge in [0.1, 0.15) is 5.01 Å². The minimum absolute atomic E-state index is 0.860. The molecule has 0 fully saturated rings. The zero-order valence-electron chi connectivity index (χ0n) is 9.65. The van der Waals surface area contributed by atoms with E-state index < -0.39 is 0 Å². The fraction of sp³-hybridized carbons (Fsp3) is 0.154. The van der Waals surface area contributed by atoms with E-state index in [0.29, 0.717) is 0 Å². The maximum atomic E-state index is 6.01. The highest BCUT2D eigenvalue weighted by molar-refractivity contribution is 7.22. The van der Waals surface area contributed by atoms with Gasteiger partial charge < -0.3 is 5.73 Å². The number of nitrogens with zero attached hydrogens (tertiary/aromatic N) is 1. The minimum atomic E-state index is 0.860. The second-order valence-corrected chi connectivity index (χ2v) is 6.44. The lowest BCUT2D eigenvalue weighted by Gasteiger charge is -1.90. The molecule has 0 spiro atoms. The SMILES string of the molecule is Cc1ccc2nc(-c3cc(C)sc3N)sc2c1. The molecular weight excluding hydrogens is 248 g/mol. The first-order valence-electron chi connectivity index (χ1n) is 5.37. The second kappa shape index (κ2) is 3.82. The smallest absolute Gasteiger partial charge is 0.127 e. The van der Waals surface area contributed by atoms with Crippen LogP contribution in [0, 0.1) is 13.8 Å². The summed E-state index contributed by atoms with van der Waals surface area (Å²) in [5, 5.41) is 1.88. The van der Waals surface area contributed by atoms with Crippen molar-refractivity contribution in [3.63, 3.8) is 0 Å². The van der Waals surface area contributed by atoms with Crippen LogP contribution in [0.15, 0.2) is 24.3 Å². The molecule has 86 valence electrons. The number of hydrogen-bond donors (Lipinski definition) is 1. The van der Waals surface area contributed by atoms with Crippen LogP contribution < -0.4 is 5.73 Å². The quantitative estimate of drug-likeness (QED) is 0.711. The number of fused-ring (bicyclic) bond motifs is 1. The van der Waals surface area contributed by atoms with Gasteiger partial charge in [0.15, 0.2) is 0 Å². The third kappa shape index (κ3) is 1.83. The van der Waals surface area contributed by atoms with Gasteiger partial charge in [-0.2, -0.15) is 0 Å². The molecule has 3 aromatic rings. The average molecular weight is 260 g/mol. The number of hydrogen-bond acceptors (Lipinski definition) is 4. The molecule has 0 saturated heterocycles. The summed E-state index contributed by atoms with van der Waals surface area (Å²) >= 11 is 3.33. The molecule has 0 saturated carbocycles. The summed E-state index contributed by atoms with van der Waals surface area (Å²) in [4.78, 5) is 5.87. The Morgan fingerprint density at radius 1 is 1.12 bits per heavy atom. The molecule has 0 bridgehead atoms. The van der Waals surface area contributed by atoms with Crippen molar-refractivity contribution in [1.29, 1.82) is 0 Å². The van der Waals surface area contributed by atoms with E-state index in [1.165, 1.54) is 15.1 Å². The van der Waals surface area contributed by atoms with Gasteiger partial charge in [0.25, 0.3) is 0 Å². The van der Waals surface area contributed by atoms with Gasteiger partial charge in [0, 0.05) is 10.4 Å². The molecule has 4 heteroatoms.